The minimum atomic E-state index is -0.505. The third-order valence-electron chi connectivity index (χ3n) is 3.19. The maximum atomic E-state index is 12.0. The number of aromatic amines is 1. The van der Waals surface area contributed by atoms with E-state index in [1.807, 2.05) is 0 Å². The summed E-state index contributed by atoms with van der Waals surface area (Å²) < 4.78 is 0. The number of amides is 1. The molecule has 3 rings (SSSR count). The molecule has 0 atom stereocenters. The highest BCUT2D eigenvalue weighted by molar-refractivity contribution is 5.98. The number of benzene rings is 2. The van der Waals surface area contributed by atoms with Crippen molar-refractivity contribution in [1.29, 1.82) is 0 Å². The topological polar surface area (TPSA) is 113 Å². The van der Waals surface area contributed by atoms with E-state index < -0.39 is 10.8 Å². The molecule has 0 radical (unpaired) electrons. The fraction of sp³-hybridized carbons (Fsp3) is 0. The van der Waals surface area contributed by atoms with Crippen molar-refractivity contribution >= 4 is 28.8 Å². The number of fused-ring (bicyclic) bond motifs is 1. The lowest BCUT2D eigenvalue weighted by molar-refractivity contribution is -0.385. The number of hydrogen-bond acceptors (Lipinski definition) is 5. The number of hydrogen-bond donors (Lipinski definition) is 2. The van der Waals surface area contributed by atoms with Crippen molar-refractivity contribution < 1.29 is 9.72 Å². The van der Waals surface area contributed by atoms with Crippen LogP contribution in [0.4, 0.5) is 5.69 Å². The highest BCUT2D eigenvalue weighted by Gasteiger charge is 2.10. The first-order chi connectivity index (χ1) is 11.1. The standard InChI is InChI=1S/C15H11N5O3/c21-15(10-5-6-12-13(7-10)17-9-16-12)19-18-8-11-3-1-2-4-14(11)20(22)23/h1-9H,(H,16,17)(H,19,21)/b18-8+. The quantitative estimate of drug-likeness (QED) is 0.437. The van der Waals surface area contributed by atoms with Gasteiger partial charge in [-0.15, -0.1) is 0 Å². The van der Waals surface area contributed by atoms with Crippen LogP contribution >= 0.6 is 0 Å². The van der Waals surface area contributed by atoms with E-state index in [-0.39, 0.29) is 5.69 Å². The normalized spacial score (nSPS) is 11.0. The number of para-hydroxylation sites is 1. The second-order valence-electron chi connectivity index (χ2n) is 4.65. The van der Waals surface area contributed by atoms with Gasteiger partial charge < -0.3 is 4.98 Å². The average molecular weight is 309 g/mol. The molecule has 0 saturated heterocycles. The van der Waals surface area contributed by atoms with Crippen molar-refractivity contribution in [3.63, 3.8) is 0 Å². The van der Waals surface area contributed by atoms with Crippen molar-refractivity contribution in [3.05, 3.63) is 70.0 Å². The van der Waals surface area contributed by atoms with Gasteiger partial charge in [-0.1, -0.05) is 12.1 Å². The molecule has 0 fully saturated rings. The molecule has 2 aromatic carbocycles. The number of aromatic nitrogens is 2. The number of carbonyl (C=O) groups excluding carboxylic acids is 1. The van der Waals surface area contributed by atoms with Crippen LogP contribution in [0.3, 0.4) is 0 Å². The van der Waals surface area contributed by atoms with Gasteiger partial charge in [-0.2, -0.15) is 5.10 Å². The van der Waals surface area contributed by atoms with E-state index in [1.165, 1.54) is 12.3 Å². The zero-order chi connectivity index (χ0) is 16.2. The summed E-state index contributed by atoms with van der Waals surface area (Å²) in [5.41, 5.74) is 4.47. The van der Waals surface area contributed by atoms with Gasteiger partial charge >= 0.3 is 0 Å². The Hall–Kier alpha value is -3.55. The van der Waals surface area contributed by atoms with E-state index >= 15 is 0 Å². The predicted octanol–water partition coefficient (Wildman–Crippen LogP) is 2.24. The summed E-state index contributed by atoms with van der Waals surface area (Å²) >= 11 is 0. The number of imidazole rings is 1. The number of nitro groups is 1. The van der Waals surface area contributed by atoms with Crippen LogP contribution in [-0.4, -0.2) is 27.0 Å². The summed E-state index contributed by atoms with van der Waals surface area (Å²) in [6.07, 6.45) is 2.78. The summed E-state index contributed by atoms with van der Waals surface area (Å²) in [6.45, 7) is 0. The highest BCUT2D eigenvalue weighted by atomic mass is 16.6. The van der Waals surface area contributed by atoms with Gasteiger partial charge in [0.2, 0.25) is 0 Å². The molecule has 1 amide bonds. The van der Waals surface area contributed by atoms with Gasteiger partial charge in [-0.3, -0.25) is 14.9 Å². The van der Waals surface area contributed by atoms with E-state index in [2.05, 4.69) is 20.5 Å². The smallest absolute Gasteiger partial charge is 0.278 e. The first kappa shape index (κ1) is 14.4. The van der Waals surface area contributed by atoms with Crippen LogP contribution in [0.15, 0.2) is 53.9 Å². The Balaban J connectivity index is 1.75. The van der Waals surface area contributed by atoms with Crippen molar-refractivity contribution in [2.75, 3.05) is 0 Å². The number of nitrogens with one attached hydrogen (secondary N) is 2. The largest absolute Gasteiger partial charge is 0.345 e. The molecule has 3 aromatic rings. The number of nitro benzene ring substituents is 1. The summed E-state index contributed by atoms with van der Waals surface area (Å²) in [5.74, 6) is -0.420. The van der Waals surface area contributed by atoms with Crippen molar-refractivity contribution in [3.8, 4) is 0 Å². The molecule has 8 heteroatoms. The molecule has 0 aliphatic carbocycles. The highest BCUT2D eigenvalue weighted by Crippen LogP contribution is 2.15. The summed E-state index contributed by atoms with van der Waals surface area (Å²) in [7, 11) is 0. The zero-order valence-electron chi connectivity index (χ0n) is 11.8. The van der Waals surface area contributed by atoms with Crippen LogP contribution in [-0.2, 0) is 0 Å². The molecule has 1 aromatic heterocycles. The summed E-state index contributed by atoms with van der Waals surface area (Å²) in [6, 6.07) is 11.1. The first-order valence-corrected chi connectivity index (χ1v) is 6.65. The average Bonchev–Trinajstić information content (AvgIpc) is 3.02. The summed E-state index contributed by atoms with van der Waals surface area (Å²) in [5, 5.41) is 14.7. The molecule has 2 N–H and O–H groups in total. The molecule has 23 heavy (non-hydrogen) atoms. The Morgan fingerprint density at radius 2 is 2.13 bits per heavy atom. The fourth-order valence-electron chi connectivity index (χ4n) is 2.06. The van der Waals surface area contributed by atoms with Gasteiger partial charge in [-0.25, -0.2) is 10.4 Å². The summed E-state index contributed by atoms with van der Waals surface area (Å²) in [4.78, 5) is 29.4. The molecular weight excluding hydrogens is 298 g/mol. The molecule has 0 spiro atoms. The monoisotopic (exact) mass is 309 g/mol. The Morgan fingerprint density at radius 1 is 1.30 bits per heavy atom. The van der Waals surface area contributed by atoms with Gasteiger partial charge in [0, 0.05) is 11.6 Å². The molecule has 0 aliphatic heterocycles. The van der Waals surface area contributed by atoms with Crippen LogP contribution < -0.4 is 5.43 Å². The van der Waals surface area contributed by atoms with Crippen LogP contribution in [0.2, 0.25) is 0 Å². The van der Waals surface area contributed by atoms with Crippen LogP contribution in [0.1, 0.15) is 15.9 Å². The number of H-pyrrole nitrogens is 1. The van der Waals surface area contributed by atoms with Gasteiger partial charge in [0.05, 0.1) is 34.1 Å². The number of carbonyl (C=O) groups is 1. The van der Waals surface area contributed by atoms with Crippen LogP contribution in [0, 0.1) is 10.1 Å². The Kier molecular flexibility index (Phi) is 3.79. The van der Waals surface area contributed by atoms with E-state index in [0.717, 1.165) is 11.0 Å². The zero-order valence-corrected chi connectivity index (χ0v) is 11.8. The number of nitrogens with zero attached hydrogens (tertiary/aromatic N) is 3. The lowest BCUT2D eigenvalue weighted by Gasteiger charge is -2.00. The van der Waals surface area contributed by atoms with E-state index in [0.29, 0.717) is 11.1 Å². The molecule has 0 unspecified atom stereocenters. The molecule has 0 saturated carbocycles. The van der Waals surface area contributed by atoms with Crippen molar-refractivity contribution in [2.45, 2.75) is 0 Å². The SMILES string of the molecule is O=C(N/N=C/c1ccccc1[N+](=O)[O-])c1ccc2nc[nH]c2c1. The van der Waals surface area contributed by atoms with Crippen molar-refractivity contribution in [2.24, 2.45) is 5.10 Å². The molecule has 1 heterocycles. The second kappa shape index (κ2) is 6.06. The minimum Gasteiger partial charge on any atom is -0.345 e. The first-order valence-electron chi connectivity index (χ1n) is 6.65. The van der Waals surface area contributed by atoms with Crippen LogP contribution in [0.25, 0.3) is 11.0 Å². The molecule has 0 aliphatic rings. The van der Waals surface area contributed by atoms with E-state index in [1.54, 1.807) is 42.7 Å². The lowest BCUT2D eigenvalue weighted by Crippen LogP contribution is -2.17. The lowest BCUT2D eigenvalue weighted by atomic mass is 10.2. The van der Waals surface area contributed by atoms with Gasteiger partial charge in [0.25, 0.3) is 11.6 Å². The number of hydrazone groups is 1. The van der Waals surface area contributed by atoms with Gasteiger partial charge in [0.1, 0.15) is 0 Å². The van der Waals surface area contributed by atoms with Gasteiger partial charge in [-0.05, 0) is 24.3 Å². The third-order valence-corrected chi connectivity index (χ3v) is 3.19. The minimum absolute atomic E-state index is 0.0793. The molecule has 8 nitrogen and oxygen atoms in total. The maximum absolute atomic E-state index is 12.0. The molecule has 0 bridgehead atoms. The Labute approximate surface area is 130 Å². The van der Waals surface area contributed by atoms with Crippen LogP contribution in [0.5, 0.6) is 0 Å². The third kappa shape index (κ3) is 3.05. The van der Waals surface area contributed by atoms with E-state index in [4.69, 9.17) is 0 Å². The fourth-order valence-corrected chi connectivity index (χ4v) is 2.06. The molecular formula is C15H11N5O3. The Morgan fingerprint density at radius 3 is 2.96 bits per heavy atom. The maximum Gasteiger partial charge on any atom is 0.278 e. The Bertz CT molecular complexity index is 916. The van der Waals surface area contributed by atoms with Crippen molar-refractivity contribution in [1.82, 2.24) is 15.4 Å². The van der Waals surface area contributed by atoms with E-state index in [9.17, 15) is 14.9 Å². The predicted molar refractivity (Wildman–Crippen MR) is 84.3 cm³/mol. The number of rotatable bonds is 4. The van der Waals surface area contributed by atoms with Gasteiger partial charge in [0.15, 0.2) is 0 Å². The molecule has 114 valence electrons. The second-order valence-corrected chi connectivity index (χ2v) is 4.65.